The van der Waals surface area contributed by atoms with Crippen molar-refractivity contribution in [3.63, 3.8) is 0 Å². The molecular weight excluding hydrogens is 516 g/mol. The van der Waals surface area contributed by atoms with Gasteiger partial charge in [0.15, 0.2) is 0 Å². The summed E-state index contributed by atoms with van der Waals surface area (Å²) in [6.07, 6.45) is -0.701. The van der Waals surface area contributed by atoms with E-state index in [1.165, 1.54) is 31.3 Å². The number of benzene rings is 2. The Kier molecular flexibility index (Phi) is 7.93. The minimum Gasteiger partial charge on any atom is -0.404 e. The van der Waals surface area contributed by atoms with Crippen LogP contribution in [0.25, 0.3) is 6.08 Å². The Morgan fingerprint density at radius 2 is 1.78 bits per heavy atom. The van der Waals surface area contributed by atoms with Crippen molar-refractivity contribution in [3.05, 3.63) is 64.4 Å². The monoisotopic (exact) mass is 540 g/mol. The number of likely N-dealkylation sites (tertiary alicyclic amines) is 1. The third-order valence-electron chi connectivity index (χ3n) is 6.34. The van der Waals surface area contributed by atoms with E-state index in [0.717, 1.165) is 30.5 Å². The van der Waals surface area contributed by atoms with E-state index in [0.29, 0.717) is 19.6 Å². The minimum atomic E-state index is -4.97. The highest BCUT2D eigenvalue weighted by molar-refractivity contribution is 6.32. The number of urea groups is 1. The average molecular weight is 541 g/mol. The molecule has 2 aromatic rings. The van der Waals surface area contributed by atoms with Crippen molar-refractivity contribution in [1.82, 2.24) is 15.1 Å². The second kappa shape index (κ2) is 11.0. The zero-order chi connectivity index (χ0) is 26.7. The Balaban J connectivity index is 1.50. The quantitative estimate of drug-likeness (QED) is 0.399. The van der Waals surface area contributed by atoms with Gasteiger partial charge in [-0.15, -0.1) is 13.2 Å². The number of carbonyl (C=O) groups is 2. The van der Waals surface area contributed by atoms with Crippen LogP contribution < -0.4 is 15.4 Å². The number of alkyl halides is 3. The van der Waals surface area contributed by atoms with Crippen molar-refractivity contribution >= 4 is 35.3 Å². The predicted octanol–water partition coefficient (Wildman–Crippen LogP) is 5.02. The molecule has 3 amide bonds. The molecule has 2 atom stereocenters. The second-order valence-electron chi connectivity index (χ2n) is 8.91. The molecule has 0 spiro atoms. The molecule has 0 radical (unpaired) electrons. The number of anilines is 1. The van der Waals surface area contributed by atoms with Crippen molar-refractivity contribution in [3.8, 4) is 5.75 Å². The highest BCUT2D eigenvalue weighted by atomic mass is 35.5. The number of hydrogen-bond donors (Lipinski definition) is 2. The van der Waals surface area contributed by atoms with Gasteiger partial charge < -0.3 is 20.3 Å². The molecule has 2 N–H and O–H groups in total. The summed E-state index contributed by atoms with van der Waals surface area (Å²) >= 11 is 5.93. The van der Waals surface area contributed by atoms with E-state index in [2.05, 4.69) is 20.3 Å². The van der Waals surface area contributed by atoms with Crippen molar-refractivity contribution in [2.45, 2.75) is 37.8 Å². The van der Waals surface area contributed by atoms with Gasteiger partial charge in [-0.25, -0.2) is 9.18 Å². The van der Waals surface area contributed by atoms with Crippen molar-refractivity contribution in [1.29, 1.82) is 0 Å². The fourth-order valence-corrected chi connectivity index (χ4v) is 4.98. The number of hydrogen-bond acceptors (Lipinski definition) is 4. The maximum atomic E-state index is 13.2. The van der Waals surface area contributed by atoms with Gasteiger partial charge in [-0.05, 0) is 48.7 Å². The largest absolute Gasteiger partial charge is 0.573 e. The molecule has 2 aromatic carbocycles. The van der Waals surface area contributed by atoms with Crippen LogP contribution in [-0.4, -0.2) is 60.3 Å². The molecule has 2 aliphatic rings. The fourth-order valence-electron chi connectivity index (χ4n) is 4.78. The Morgan fingerprint density at radius 3 is 2.38 bits per heavy atom. The molecule has 4 rings (SSSR count). The van der Waals surface area contributed by atoms with Crippen LogP contribution in [0.3, 0.4) is 0 Å². The van der Waals surface area contributed by atoms with Crippen molar-refractivity contribution in [2.24, 2.45) is 0 Å². The lowest BCUT2D eigenvalue weighted by atomic mass is 10.1. The first-order chi connectivity index (χ1) is 17.5. The maximum absolute atomic E-state index is 13.2. The lowest BCUT2D eigenvalue weighted by molar-refractivity contribution is -0.274. The van der Waals surface area contributed by atoms with Crippen LogP contribution in [0, 0.1) is 5.82 Å². The fraction of sp³-hybridized carbons (Fsp3) is 0.360. The molecule has 2 unspecified atom stereocenters. The number of rotatable bonds is 6. The number of ether oxygens (including phenoxy) is 1. The third-order valence-corrected chi connectivity index (χ3v) is 6.64. The number of piperazine rings is 1. The summed E-state index contributed by atoms with van der Waals surface area (Å²) in [5.41, 5.74) is 1.20. The molecule has 2 heterocycles. The molecule has 0 saturated carbocycles. The SMILES string of the molecule is CNC(=O)Nc1cc(Cl)c(OC(F)(F)F)cc1C=CC(=O)N1C2CCC1CN(Cc1ccc(F)cc1)C2. The first kappa shape index (κ1) is 26.7. The lowest BCUT2D eigenvalue weighted by Crippen LogP contribution is -2.55. The number of carbonyl (C=O) groups excluding carboxylic acids is 2. The molecule has 37 heavy (non-hydrogen) atoms. The third kappa shape index (κ3) is 6.72. The standard InChI is InChI=1S/C25H25ClF4N4O3/c1-31-24(36)32-21-11-20(26)22(37-25(28,29)30)10-16(21)4-9-23(35)34-18-7-8-19(34)14-33(13-18)12-15-2-5-17(27)6-3-15/h2-6,9-11,18-19H,7-8,12-14H2,1H3,(H2,31,32,36). The van der Waals surface area contributed by atoms with Crippen molar-refractivity contribution < 1.29 is 31.9 Å². The Morgan fingerprint density at radius 1 is 1.14 bits per heavy atom. The smallest absolute Gasteiger partial charge is 0.404 e. The number of fused-ring (bicyclic) bond motifs is 2. The van der Waals surface area contributed by atoms with Gasteiger partial charge in [0.05, 0.1) is 10.7 Å². The Hall–Kier alpha value is -3.31. The average Bonchev–Trinajstić information content (AvgIpc) is 3.10. The van der Waals surface area contributed by atoms with E-state index >= 15 is 0 Å². The van der Waals surface area contributed by atoms with Gasteiger partial charge in [-0.1, -0.05) is 23.7 Å². The summed E-state index contributed by atoms with van der Waals surface area (Å²) in [5, 5.41) is 4.47. The van der Waals surface area contributed by atoms with Crippen LogP contribution in [0.2, 0.25) is 5.02 Å². The van der Waals surface area contributed by atoms with Crippen LogP contribution in [-0.2, 0) is 11.3 Å². The van der Waals surface area contributed by atoms with Crippen LogP contribution in [0.4, 0.5) is 28.0 Å². The minimum absolute atomic E-state index is 0.0193. The molecular formula is C25H25ClF4N4O3. The van der Waals surface area contributed by atoms with Gasteiger partial charge in [-0.3, -0.25) is 9.69 Å². The zero-order valence-electron chi connectivity index (χ0n) is 19.8. The molecule has 12 heteroatoms. The van der Waals surface area contributed by atoms with Gasteiger partial charge in [-0.2, -0.15) is 0 Å². The van der Waals surface area contributed by atoms with Crippen LogP contribution in [0.1, 0.15) is 24.0 Å². The highest BCUT2D eigenvalue weighted by Crippen LogP contribution is 2.36. The summed E-state index contributed by atoms with van der Waals surface area (Å²) in [6.45, 7) is 1.95. The van der Waals surface area contributed by atoms with E-state index in [1.807, 2.05) is 0 Å². The van der Waals surface area contributed by atoms with Crippen LogP contribution in [0.15, 0.2) is 42.5 Å². The van der Waals surface area contributed by atoms with Gasteiger partial charge in [0.1, 0.15) is 11.6 Å². The lowest BCUT2D eigenvalue weighted by Gasteiger charge is -2.40. The molecule has 0 aromatic heterocycles. The maximum Gasteiger partial charge on any atom is 0.573 e. The first-order valence-corrected chi connectivity index (χ1v) is 12.0. The van der Waals surface area contributed by atoms with E-state index in [1.54, 1.807) is 17.0 Å². The molecule has 2 aliphatic heterocycles. The van der Waals surface area contributed by atoms with Gasteiger partial charge in [0.25, 0.3) is 0 Å². The number of amides is 3. The molecule has 198 valence electrons. The Bertz CT molecular complexity index is 1180. The molecule has 0 aliphatic carbocycles. The highest BCUT2D eigenvalue weighted by Gasteiger charge is 2.41. The summed E-state index contributed by atoms with van der Waals surface area (Å²) < 4.78 is 55.6. The van der Waals surface area contributed by atoms with E-state index in [-0.39, 0.29) is 40.1 Å². The van der Waals surface area contributed by atoms with Crippen molar-refractivity contribution in [2.75, 3.05) is 25.5 Å². The predicted molar refractivity (Wildman–Crippen MR) is 131 cm³/mol. The topological polar surface area (TPSA) is 73.9 Å². The summed E-state index contributed by atoms with van der Waals surface area (Å²) in [4.78, 5) is 29.0. The normalized spacial score (nSPS) is 19.8. The summed E-state index contributed by atoms with van der Waals surface area (Å²) in [5.74, 6) is -1.23. The molecule has 2 saturated heterocycles. The van der Waals surface area contributed by atoms with E-state index in [4.69, 9.17) is 11.6 Å². The first-order valence-electron chi connectivity index (χ1n) is 11.6. The second-order valence-corrected chi connectivity index (χ2v) is 9.31. The number of nitrogens with one attached hydrogen (secondary N) is 2. The molecule has 2 fully saturated rings. The number of nitrogens with zero attached hydrogens (tertiary/aromatic N) is 2. The zero-order valence-corrected chi connectivity index (χ0v) is 20.6. The van der Waals surface area contributed by atoms with E-state index < -0.39 is 18.1 Å². The molecule has 2 bridgehead atoms. The van der Waals surface area contributed by atoms with Gasteiger partial charge in [0.2, 0.25) is 5.91 Å². The number of halogens is 5. The summed E-state index contributed by atoms with van der Waals surface area (Å²) in [7, 11) is 1.38. The van der Waals surface area contributed by atoms with Gasteiger partial charge in [0, 0.05) is 50.4 Å². The Labute approximate surface area is 216 Å². The van der Waals surface area contributed by atoms with Crippen LogP contribution >= 0.6 is 11.6 Å². The molecule has 7 nitrogen and oxygen atoms in total. The van der Waals surface area contributed by atoms with Crippen LogP contribution in [0.5, 0.6) is 5.75 Å². The van der Waals surface area contributed by atoms with E-state index in [9.17, 15) is 27.2 Å². The van der Waals surface area contributed by atoms with Gasteiger partial charge >= 0.3 is 12.4 Å². The summed E-state index contributed by atoms with van der Waals surface area (Å²) in [6, 6.07) is 7.81.